The quantitative estimate of drug-likeness (QED) is 0.0352. The van der Waals surface area contributed by atoms with E-state index in [1.807, 2.05) is 0 Å². The van der Waals surface area contributed by atoms with Crippen LogP contribution < -0.4 is 0 Å². The molecule has 0 fully saturated rings. The molecule has 0 aromatic carbocycles. The van der Waals surface area contributed by atoms with Crippen LogP contribution in [0.3, 0.4) is 0 Å². The largest absolute Gasteiger partial charge is 0.462 e. The molecule has 0 N–H and O–H groups in total. The SMILES string of the molecule is CCCCCCCCCCCCCCCCCCC(=O)O[C@@H](COC(=O)CCCCCCCCCC(C)C)COC(=O)CCCCCCCCC(C)C. The maximum atomic E-state index is 12.7. The van der Waals surface area contributed by atoms with Crippen LogP contribution in [0.1, 0.15) is 253 Å². The van der Waals surface area contributed by atoms with Crippen LogP contribution >= 0.6 is 0 Å². The fourth-order valence-corrected chi connectivity index (χ4v) is 6.93. The van der Waals surface area contributed by atoms with Crippen molar-refractivity contribution in [3.8, 4) is 0 Å². The zero-order chi connectivity index (χ0) is 39.0. The number of hydrogen-bond donors (Lipinski definition) is 0. The predicted octanol–water partition coefficient (Wildman–Crippen LogP) is 14.6. The molecular formula is C47H90O6. The Morgan fingerprint density at radius 3 is 0.925 bits per heavy atom. The van der Waals surface area contributed by atoms with Crippen molar-refractivity contribution < 1.29 is 28.6 Å². The topological polar surface area (TPSA) is 78.9 Å². The van der Waals surface area contributed by atoms with Crippen molar-refractivity contribution in [3.63, 3.8) is 0 Å². The molecule has 6 nitrogen and oxygen atoms in total. The van der Waals surface area contributed by atoms with Gasteiger partial charge in [0.1, 0.15) is 13.2 Å². The molecule has 314 valence electrons. The number of unbranched alkanes of at least 4 members (excludes halogenated alkanes) is 26. The first-order valence-electron chi connectivity index (χ1n) is 23.2. The maximum absolute atomic E-state index is 12.7. The summed E-state index contributed by atoms with van der Waals surface area (Å²) in [6.45, 7) is 11.2. The van der Waals surface area contributed by atoms with E-state index in [1.165, 1.54) is 141 Å². The summed E-state index contributed by atoms with van der Waals surface area (Å²) in [6, 6.07) is 0. The van der Waals surface area contributed by atoms with Crippen molar-refractivity contribution in [2.24, 2.45) is 11.8 Å². The van der Waals surface area contributed by atoms with Gasteiger partial charge < -0.3 is 14.2 Å². The van der Waals surface area contributed by atoms with Crippen molar-refractivity contribution in [2.75, 3.05) is 13.2 Å². The molecule has 0 aliphatic rings. The Kier molecular flexibility index (Phi) is 38.9. The Morgan fingerprint density at radius 2 is 0.623 bits per heavy atom. The van der Waals surface area contributed by atoms with Crippen molar-refractivity contribution in [2.45, 2.75) is 259 Å². The zero-order valence-electron chi connectivity index (χ0n) is 36.1. The van der Waals surface area contributed by atoms with Gasteiger partial charge in [0, 0.05) is 19.3 Å². The van der Waals surface area contributed by atoms with Crippen LogP contribution in [0.5, 0.6) is 0 Å². The third-order valence-electron chi connectivity index (χ3n) is 10.5. The predicted molar refractivity (Wildman–Crippen MR) is 224 cm³/mol. The van der Waals surface area contributed by atoms with E-state index >= 15 is 0 Å². The minimum atomic E-state index is -0.761. The van der Waals surface area contributed by atoms with Crippen LogP contribution in [0.2, 0.25) is 0 Å². The Hall–Kier alpha value is -1.59. The summed E-state index contributed by atoms with van der Waals surface area (Å²) in [5.41, 5.74) is 0. The first-order chi connectivity index (χ1) is 25.7. The number of rotatable bonds is 41. The summed E-state index contributed by atoms with van der Waals surface area (Å²) in [6.07, 6.45) is 38.2. The molecular weight excluding hydrogens is 661 g/mol. The molecule has 6 heteroatoms. The Labute approximate surface area is 329 Å². The van der Waals surface area contributed by atoms with Crippen LogP contribution in [0.4, 0.5) is 0 Å². The minimum Gasteiger partial charge on any atom is -0.462 e. The van der Waals surface area contributed by atoms with E-state index in [-0.39, 0.29) is 31.1 Å². The van der Waals surface area contributed by atoms with E-state index in [9.17, 15) is 14.4 Å². The molecule has 0 bridgehead atoms. The molecule has 0 aliphatic heterocycles. The van der Waals surface area contributed by atoms with E-state index in [0.717, 1.165) is 69.6 Å². The second-order valence-electron chi connectivity index (χ2n) is 17.0. The fraction of sp³-hybridized carbons (Fsp3) is 0.936. The second-order valence-corrected chi connectivity index (χ2v) is 17.0. The van der Waals surface area contributed by atoms with Gasteiger partial charge in [0.25, 0.3) is 0 Å². The van der Waals surface area contributed by atoms with E-state index < -0.39 is 6.10 Å². The smallest absolute Gasteiger partial charge is 0.306 e. The first kappa shape index (κ1) is 51.4. The van der Waals surface area contributed by atoms with Crippen LogP contribution in [0.25, 0.3) is 0 Å². The lowest BCUT2D eigenvalue weighted by Crippen LogP contribution is -2.30. The molecule has 0 unspecified atom stereocenters. The Bertz CT molecular complexity index is 809. The molecule has 0 aromatic rings. The highest BCUT2D eigenvalue weighted by Crippen LogP contribution is 2.16. The number of carbonyl (C=O) groups is 3. The van der Waals surface area contributed by atoms with Gasteiger partial charge in [-0.2, -0.15) is 0 Å². The van der Waals surface area contributed by atoms with Gasteiger partial charge in [-0.3, -0.25) is 14.4 Å². The summed E-state index contributed by atoms with van der Waals surface area (Å²) in [5.74, 6) is 0.682. The monoisotopic (exact) mass is 751 g/mol. The molecule has 0 radical (unpaired) electrons. The molecule has 0 rings (SSSR count). The lowest BCUT2D eigenvalue weighted by atomic mass is 10.0. The third kappa shape index (κ3) is 41.4. The van der Waals surface area contributed by atoms with Gasteiger partial charge in [-0.1, -0.05) is 214 Å². The highest BCUT2D eigenvalue weighted by atomic mass is 16.6. The van der Waals surface area contributed by atoms with Gasteiger partial charge >= 0.3 is 17.9 Å². The summed E-state index contributed by atoms with van der Waals surface area (Å²) >= 11 is 0. The summed E-state index contributed by atoms with van der Waals surface area (Å²) < 4.78 is 16.7. The molecule has 0 heterocycles. The van der Waals surface area contributed by atoms with Crippen LogP contribution in [0.15, 0.2) is 0 Å². The molecule has 0 amide bonds. The number of ether oxygens (including phenoxy) is 3. The lowest BCUT2D eigenvalue weighted by molar-refractivity contribution is -0.167. The molecule has 0 spiro atoms. The standard InChI is InChI=1S/C47H90O6/c1-6-7-8-9-10-11-12-13-14-15-16-17-18-21-29-34-39-47(50)53-44(41-52-46(49)38-33-28-24-23-26-31-36-43(4)5)40-51-45(48)37-32-27-22-19-20-25-30-35-42(2)3/h42-44H,6-41H2,1-5H3/t44-/m0/s1. The molecule has 1 atom stereocenters. The Balaban J connectivity index is 4.29. The van der Waals surface area contributed by atoms with Crippen LogP contribution in [-0.4, -0.2) is 37.2 Å². The summed E-state index contributed by atoms with van der Waals surface area (Å²) in [4.78, 5) is 37.7. The highest BCUT2D eigenvalue weighted by Gasteiger charge is 2.19. The van der Waals surface area contributed by atoms with E-state index in [4.69, 9.17) is 14.2 Å². The van der Waals surface area contributed by atoms with Crippen molar-refractivity contribution in [1.82, 2.24) is 0 Å². The van der Waals surface area contributed by atoms with Crippen LogP contribution in [0, 0.1) is 11.8 Å². The number of esters is 3. The lowest BCUT2D eigenvalue weighted by Gasteiger charge is -2.18. The summed E-state index contributed by atoms with van der Waals surface area (Å²) in [5, 5.41) is 0. The number of hydrogen-bond acceptors (Lipinski definition) is 6. The van der Waals surface area contributed by atoms with Gasteiger partial charge in [0.15, 0.2) is 6.10 Å². The van der Waals surface area contributed by atoms with E-state index in [2.05, 4.69) is 34.6 Å². The molecule has 0 aliphatic carbocycles. The van der Waals surface area contributed by atoms with Gasteiger partial charge in [0.05, 0.1) is 0 Å². The fourth-order valence-electron chi connectivity index (χ4n) is 6.93. The molecule has 53 heavy (non-hydrogen) atoms. The average Bonchev–Trinajstić information content (AvgIpc) is 3.12. The van der Waals surface area contributed by atoms with E-state index in [0.29, 0.717) is 19.3 Å². The minimum absolute atomic E-state index is 0.0664. The second kappa shape index (κ2) is 40.1. The Morgan fingerprint density at radius 1 is 0.358 bits per heavy atom. The van der Waals surface area contributed by atoms with Gasteiger partial charge in [-0.25, -0.2) is 0 Å². The average molecular weight is 751 g/mol. The third-order valence-corrected chi connectivity index (χ3v) is 10.5. The zero-order valence-corrected chi connectivity index (χ0v) is 36.1. The van der Waals surface area contributed by atoms with Gasteiger partial charge in [-0.05, 0) is 31.1 Å². The first-order valence-corrected chi connectivity index (χ1v) is 23.2. The number of carbonyl (C=O) groups excluding carboxylic acids is 3. The molecule has 0 aromatic heterocycles. The van der Waals surface area contributed by atoms with Crippen molar-refractivity contribution in [1.29, 1.82) is 0 Å². The van der Waals surface area contributed by atoms with Gasteiger partial charge in [-0.15, -0.1) is 0 Å². The van der Waals surface area contributed by atoms with Crippen molar-refractivity contribution >= 4 is 17.9 Å². The maximum Gasteiger partial charge on any atom is 0.306 e. The van der Waals surface area contributed by atoms with Crippen LogP contribution in [-0.2, 0) is 28.6 Å². The van der Waals surface area contributed by atoms with Gasteiger partial charge in [0.2, 0.25) is 0 Å². The van der Waals surface area contributed by atoms with Crippen molar-refractivity contribution in [3.05, 3.63) is 0 Å². The van der Waals surface area contributed by atoms with E-state index in [1.54, 1.807) is 0 Å². The highest BCUT2D eigenvalue weighted by molar-refractivity contribution is 5.71. The summed E-state index contributed by atoms with van der Waals surface area (Å²) in [7, 11) is 0. The normalized spacial score (nSPS) is 12.1. The molecule has 0 saturated heterocycles. The molecule has 0 saturated carbocycles.